The predicted octanol–water partition coefficient (Wildman–Crippen LogP) is 3.47. The zero-order valence-electron chi connectivity index (χ0n) is 15.9. The number of unbranched alkanes of at least 4 members (excludes halogenated alkanes) is 2. The van der Waals surface area contributed by atoms with Crippen LogP contribution in [0, 0.1) is 23.7 Å². The van der Waals surface area contributed by atoms with E-state index < -0.39 is 0 Å². The van der Waals surface area contributed by atoms with E-state index in [4.69, 9.17) is 5.73 Å². The lowest BCUT2D eigenvalue weighted by Crippen LogP contribution is -2.19. The molecule has 0 unspecified atom stereocenters. The van der Waals surface area contributed by atoms with Crippen molar-refractivity contribution in [3.63, 3.8) is 0 Å². The van der Waals surface area contributed by atoms with Crippen LogP contribution in [0.4, 0.5) is 0 Å². The van der Waals surface area contributed by atoms with Gasteiger partial charge in [-0.15, -0.1) is 0 Å². The first-order valence-electron chi connectivity index (χ1n) is 10.5. The van der Waals surface area contributed by atoms with Gasteiger partial charge in [-0.2, -0.15) is 0 Å². The standard InChI is InChI=1S/C22H35NO3/c23-22(26)9-3-1-2-6-15-12-17-14-21(25)18(19(17)13-15)10-11-20(24)16-7-4-5-8-16/h6,10-11,16-21,24-25H,1-5,7-9,12-14H2,(H2,23,26)/b11-10+,15-6?/t17-,18+,19-,20-,21+/m0/s1. The number of aliphatic hydroxyl groups is 2. The number of hydrogen-bond donors (Lipinski definition) is 3. The largest absolute Gasteiger partial charge is 0.392 e. The maximum atomic E-state index is 10.8. The van der Waals surface area contributed by atoms with Crippen LogP contribution >= 0.6 is 0 Å². The zero-order chi connectivity index (χ0) is 18.5. The summed E-state index contributed by atoms with van der Waals surface area (Å²) in [6, 6.07) is 0. The summed E-state index contributed by atoms with van der Waals surface area (Å²) in [5.74, 6) is 1.50. The normalized spacial score (nSPS) is 34.8. The van der Waals surface area contributed by atoms with E-state index in [2.05, 4.69) is 12.2 Å². The number of carbonyl (C=O) groups is 1. The van der Waals surface area contributed by atoms with Gasteiger partial charge >= 0.3 is 0 Å². The Morgan fingerprint density at radius 1 is 1.23 bits per heavy atom. The van der Waals surface area contributed by atoms with Crippen molar-refractivity contribution < 1.29 is 15.0 Å². The second-order valence-corrected chi connectivity index (χ2v) is 8.71. The molecular weight excluding hydrogens is 326 g/mol. The number of amides is 1. The first-order chi connectivity index (χ1) is 12.5. The Morgan fingerprint density at radius 3 is 2.73 bits per heavy atom. The summed E-state index contributed by atoms with van der Waals surface area (Å²) >= 11 is 0. The first kappa shape index (κ1) is 19.6. The molecular formula is C22H35NO3. The van der Waals surface area contributed by atoms with Gasteiger partial charge in [0, 0.05) is 12.3 Å². The SMILES string of the molecule is NC(=O)CCCCC=C1C[C@H]2C[C@@H](O)[C@H](/C=C/[C@H](O)C3CCCC3)[C@H]2C1. The van der Waals surface area contributed by atoms with Crippen LogP contribution in [0.2, 0.25) is 0 Å². The van der Waals surface area contributed by atoms with Gasteiger partial charge in [-0.25, -0.2) is 0 Å². The Labute approximate surface area is 157 Å². The van der Waals surface area contributed by atoms with Gasteiger partial charge in [0.15, 0.2) is 0 Å². The molecule has 0 saturated heterocycles. The predicted molar refractivity (Wildman–Crippen MR) is 103 cm³/mol. The molecule has 0 radical (unpaired) electrons. The highest BCUT2D eigenvalue weighted by molar-refractivity contribution is 5.73. The molecule has 3 aliphatic carbocycles. The molecule has 0 aromatic rings. The highest BCUT2D eigenvalue weighted by Gasteiger charge is 2.45. The van der Waals surface area contributed by atoms with E-state index in [1.807, 2.05) is 6.08 Å². The Bertz CT molecular complexity index is 536. The van der Waals surface area contributed by atoms with E-state index in [9.17, 15) is 15.0 Å². The number of primary amides is 1. The Morgan fingerprint density at radius 2 is 2.00 bits per heavy atom. The van der Waals surface area contributed by atoms with Crippen molar-refractivity contribution in [3.8, 4) is 0 Å². The van der Waals surface area contributed by atoms with Crippen molar-refractivity contribution in [2.75, 3.05) is 0 Å². The van der Waals surface area contributed by atoms with Crippen LogP contribution in [0.1, 0.15) is 70.6 Å². The number of aliphatic hydroxyl groups excluding tert-OH is 2. The Hall–Kier alpha value is -1.13. The maximum absolute atomic E-state index is 10.8. The molecule has 3 fully saturated rings. The van der Waals surface area contributed by atoms with E-state index in [0.29, 0.717) is 24.2 Å². The number of nitrogens with two attached hydrogens (primary N) is 1. The molecule has 4 N–H and O–H groups in total. The van der Waals surface area contributed by atoms with Crippen LogP contribution in [-0.4, -0.2) is 28.3 Å². The number of allylic oxidation sites excluding steroid dienone is 2. The fraction of sp³-hybridized carbons (Fsp3) is 0.773. The molecule has 4 nitrogen and oxygen atoms in total. The molecule has 0 bridgehead atoms. The number of hydrogen-bond acceptors (Lipinski definition) is 3. The van der Waals surface area contributed by atoms with Gasteiger partial charge < -0.3 is 15.9 Å². The average molecular weight is 362 g/mol. The third kappa shape index (κ3) is 4.98. The highest BCUT2D eigenvalue weighted by atomic mass is 16.3. The highest BCUT2D eigenvalue weighted by Crippen LogP contribution is 2.50. The summed E-state index contributed by atoms with van der Waals surface area (Å²) in [5.41, 5.74) is 6.69. The van der Waals surface area contributed by atoms with Gasteiger partial charge in [0.05, 0.1) is 12.2 Å². The molecule has 0 aliphatic heterocycles. The van der Waals surface area contributed by atoms with Crippen LogP contribution in [0.5, 0.6) is 0 Å². The Balaban J connectivity index is 1.49. The monoisotopic (exact) mass is 361 g/mol. The van der Waals surface area contributed by atoms with Gasteiger partial charge in [-0.05, 0) is 69.1 Å². The van der Waals surface area contributed by atoms with Crippen molar-refractivity contribution in [2.45, 2.75) is 82.8 Å². The molecule has 0 aromatic heterocycles. The lowest BCUT2D eigenvalue weighted by Gasteiger charge is -2.19. The second kappa shape index (κ2) is 9.18. The quantitative estimate of drug-likeness (QED) is 0.457. The van der Waals surface area contributed by atoms with E-state index >= 15 is 0 Å². The molecule has 0 spiro atoms. The molecule has 3 aliphatic rings. The summed E-state index contributed by atoms with van der Waals surface area (Å²) in [6.45, 7) is 0. The van der Waals surface area contributed by atoms with E-state index in [0.717, 1.165) is 51.4 Å². The molecule has 5 atom stereocenters. The molecule has 26 heavy (non-hydrogen) atoms. The third-order valence-electron chi connectivity index (χ3n) is 6.83. The van der Waals surface area contributed by atoms with Gasteiger partial charge in [0.2, 0.25) is 5.91 Å². The van der Waals surface area contributed by atoms with Gasteiger partial charge in [0.1, 0.15) is 0 Å². The molecule has 4 heteroatoms. The molecule has 0 heterocycles. The molecule has 0 aromatic carbocycles. The second-order valence-electron chi connectivity index (χ2n) is 8.71. The van der Waals surface area contributed by atoms with E-state index in [-0.39, 0.29) is 24.0 Å². The van der Waals surface area contributed by atoms with Gasteiger partial charge in [0.25, 0.3) is 0 Å². The molecule has 146 valence electrons. The maximum Gasteiger partial charge on any atom is 0.217 e. The average Bonchev–Trinajstić information content (AvgIpc) is 3.29. The van der Waals surface area contributed by atoms with E-state index in [1.165, 1.54) is 18.4 Å². The summed E-state index contributed by atoms with van der Waals surface area (Å²) in [7, 11) is 0. The van der Waals surface area contributed by atoms with Crippen molar-refractivity contribution in [3.05, 3.63) is 23.8 Å². The molecule has 1 amide bonds. The van der Waals surface area contributed by atoms with Crippen molar-refractivity contribution in [2.24, 2.45) is 29.4 Å². The lowest BCUT2D eigenvalue weighted by molar-refractivity contribution is -0.118. The molecule has 3 rings (SSSR count). The van der Waals surface area contributed by atoms with Crippen LogP contribution in [-0.2, 0) is 4.79 Å². The fourth-order valence-corrected chi connectivity index (χ4v) is 5.39. The van der Waals surface area contributed by atoms with Crippen LogP contribution in [0.15, 0.2) is 23.8 Å². The van der Waals surface area contributed by atoms with Crippen LogP contribution < -0.4 is 5.73 Å². The first-order valence-corrected chi connectivity index (χ1v) is 10.5. The summed E-state index contributed by atoms with van der Waals surface area (Å²) in [4.78, 5) is 10.8. The van der Waals surface area contributed by atoms with Crippen molar-refractivity contribution >= 4 is 5.91 Å². The van der Waals surface area contributed by atoms with Crippen molar-refractivity contribution in [1.29, 1.82) is 0 Å². The van der Waals surface area contributed by atoms with Gasteiger partial charge in [-0.1, -0.05) is 36.6 Å². The fourth-order valence-electron chi connectivity index (χ4n) is 5.39. The van der Waals surface area contributed by atoms with E-state index in [1.54, 1.807) is 0 Å². The van der Waals surface area contributed by atoms with Crippen LogP contribution in [0.25, 0.3) is 0 Å². The van der Waals surface area contributed by atoms with Crippen LogP contribution in [0.3, 0.4) is 0 Å². The minimum absolute atomic E-state index is 0.191. The summed E-state index contributed by atoms with van der Waals surface area (Å²) < 4.78 is 0. The number of carbonyl (C=O) groups excluding carboxylic acids is 1. The smallest absolute Gasteiger partial charge is 0.217 e. The number of fused-ring (bicyclic) bond motifs is 1. The summed E-state index contributed by atoms with van der Waals surface area (Å²) in [5, 5.41) is 20.8. The lowest BCUT2D eigenvalue weighted by atomic mass is 9.89. The van der Waals surface area contributed by atoms with Crippen molar-refractivity contribution in [1.82, 2.24) is 0 Å². The minimum Gasteiger partial charge on any atom is -0.392 e. The minimum atomic E-state index is -0.342. The Kier molecular flexibility index (Phi) is 6.93. The zero-order valence-corrected chi connectivity index (χ0v) is 15.9. The number of rotatable bonds is 8. The molecule has 3 saturated carbocycles. The third-order valence-corrected chi connectivity index (χ3v) is 6.83. The topological polar surface area (TPSA) is 83.6 Å². The summed E-state index contributed by atoms with van der Waals surface area (Å²) in [6.07, 6.45) is 17.0. The van der Waals surface area contributed by atoms with Gasteiger partial charge in [-0.3, -0.25) is 4.79 Å².